The Kier molecular flexibility index (Phi) is 6.99. The summed E-state index contributed by atoms with van der Waals surface area (Å²) in [6.45, 7) is 9.58. The van der Waals surface area contributed by atoms with Gasteiger partial charge in [-0.05, 0) is 45.6 Å². The Bertz CT molecular complexity index is 735. The van der Waals surface area contributed by atoms with E-state index in [1.807, 2.05) is 38.8 Å². The fourth-order valence-corrected chi connectivity index (χ4v) is 3.85. The molecule has 2 saturated heterocycles. The van der Waals surface area contributed by atoms with Crippen molar-refractivity contribution in [2.75, 3.05) is 56.5 Å². The summed E-state index contributed by atoms with van der Waals surface area (Å²) in [5.74, 6) is 2.13. The van der Waals surface area contributed by atoms with Crippen molar-refractivity contribution in [3.63, 3.8) is 0 Å². The Hall–Kier alpha value is -2.58. The van der Waals surface area contributed by atoms with E-state index in [1.165, 1.54) is 0 Å². The van der Waals surface area contributed by atoms with Crippen molar-refractivity contribution in [1.29, 1.82) is 0 Å². The number of carbonyl (C=O) groups is 2. The van der Waals surface area contributed by atoms with Crippen LogP contribution in [0.15, 0.2) is 12.3 Å². The van der Waals surface area contributed by atoms with Gasteiger partial charge in [0.25, 0.3) is 0 Å². The molecule has 0 aromatic carbocycles. The van der Waals surface area contributed by atoms with E-state index >= 15 is 0 Å². The molecule has 1 N–H and O–H groups in total. The molecule has 0 aliphatic carbocycles. The third kappa shape index (κ3) is 5.96. The number of amides is 2. The first-order valence-corrected chi connectivity index (χ1v) is 10.8. The van der Waals surface area contributed by atoms with Crippen LogP contribution >= 0.6 is 0 Å². The van der Waals surface area contributed by atoms with Crippen molar-refractivity contribution in [2.24, 2.45) is 5.92 Å². The van der Waals surface area contributed by atoms with Crippen LogP contribution in [0.25, 0.3) is 0 Å². The molecule has 3 rings (SSSR count). The van der Waals surface area contributed by atoms with Gasteiger partial charge in [0.1, 0.15) is 11.4 Å². The summed E-state index contributed by atoms with van der Waals surface area (Å²) in [5.41, 5.74) is -0.501. The molecule has 0 atom stereocenters. The first-order valence-electron chi connectivity index (χ1n) is 10.8. The van der Waals surface area contributed by atoms with Gasteiger partial charge >= 0.3 is 6.09 Å². The van der Waals surface area contributed by atoms with Gasteiger partial charge in [0.2, 0.25) is 11.9 Å². The lowest BCUT2D eigenvalue weighted by Gasteiger charge is -2.37. The van der Waals surface area contributed by atoms with Crippen LogP contribution in [0.1, 0.15) is 40.0 Å². The van der Waals surface area contributed by atoms with E-state index in [9.17, 15) is 9.59 Å². The van der Waals surface area contributed by atoms with Crippen molar-refractivity contribution in [3.05, 3.63) is 12.3 Å². The molecule has 166 valence electrons. The van der Waals surface area contributed by atoms with Gasteiger partial charge in [0, 0.05) is 58.9 Å². The van der Waals surface area contributed by atoms with Crippen LogP contribution in [0, 0.1) is 5.92 Å². The number of ether oxygens (including phenoxy) is 1. The van der Waals surface area contributed by atoms with Gasteiger partial charge in [-0.3, -0.25) is 4.79 Å². The van der Waals surface area contributed by atoms with Gasteiger partial charge in [-0.1, -0.05) is 0 Å². The van der Waals surface area contributed by atoms with Gasteiger partial charge in [0.05, 0.1) is 0 Å². The number of carbonyl (C=O) groups excluding carboxylic acids is 2. The molecule has 1 aromatic heterocycles. The fourth-order valence-electron chi connectivity index (χ4n) is 3.85. The number of hydrogen-bond acceptors (Lipinski definition) is 7. The number of piperazine rings is 1. The second-order valence-corrected chi connectivity index (χ2v) is 8.97. The molecule has 30 heavy (non-hydrogen) atoms. The molecular weight excluding hydrogens is 384 g/mol. The minimum atomic E-state index is -0.501. The smallest absolute Gasteiger partial charge is 0.410 e. The maximum absolute atomic E-state index is 12.8. The van der Waals surface area contributed by atoms with Crippen molar-refractivity contribution < 1.29 is 14.3 Å². The second kappa shape index (κ2) is 9.49. The lowest BCUT2D eigenvalue weighted by molar-refractivity contribution is -0.134. The van der Waals surface area contributed by atoms with E-state index in [2.05, 4.69) is 20.2 Å². The largest absolute Gasteiger partial charge is 0.444 e. The van der Waals surface area contributed by atoms with Crippen LogP contribution in [0.4, 0.5) is 16.6 Å². The molecule has 2 fully saturated rings. The highest BCUT2D eigenvalue weighted by Gasteiger charge is 2.29. The number of aromatic nitrogens is 2. The van der Waals surface area contributed by atoms with Crippen LogP contribution in [-0.4, -0.2) is 83.7 Å². The normalized spacial score (nSPS) is 18.3. The molecule has 0 unspecified atom stereocenters. The monoisotopic (exact) mass is 418 g/mol. The van der Waals surface area contributed by atoms with E-state index in [4.69, 9.17) is 4.74 Å². The third-order valence-electron chi connectivity index (χ3n) is 5.55. The number of nitrogens with zero attached hydrogens (tertiary/aromatic N) is 5. The van der Waals surface area contributed by atoms with E-state index in [-0.39, 0.29) is 12.0 Å². The van der Waals surface area contributed by atoms with Gasteiger partial charge in [0.15, 0.2) is 0 Å². The van der Waals surface area contributed by atoms with Crippen molar-refractivity contribution in [2.45, 2.75) is 45.6 Å². The van der Waals surface area contributed by atoms with Crippen molar-refractivity contribution in [1.82, 2.24) is 19.8 Å². The highest BCUT2D eigenvalue weighted by molar-refractivity contribution is 5.77. The van der Waals surface area contributed by atoms with Crippen LogP contribution in [0.2, 0.25) is 0 Å². The van der Waals surface area contributed by atoms with E-state index in [1.54, 1.807) is 11.1 Å². The summed E-state index contributed by atoms with van der Waals surface area (Å²) < 4.78 is 5.42. The maximum Gasteiger partial charge on any atom is 0.410 e. The van der Waals surface area contributed by atoms with Gasteiger partial charge in [-0.25, -0.2) is 9.78 Å². The number of hydrogen-bond donors (Lipinski definition) is 1. The third-order valence-corrected chi connectivity index (χ3v) is 5.55. The van der Waals surface area contributed by atoms with Crippen LogP contribution < -0.4 is 10.2 Å². The zero-order valence-electron chi connectivity index (χ0n) is 18.6. The molecule has 0 bridgehead atoms. The molecule has 9 nitrogen and oxygen atoms in total. The quantitative estimate of drug-likeness (QED) is 0.801. The zero-order valence-corrected chi connectivity index (χ0v) is 18.6. The molecule has 0 radical (unpaired) electrons. The van der Waals surface area contributed by atoms with E-state index in [0.29, 0.717) is 44.5 Å². The number of piperidine rings is 1. The summed E-state index contributed by atoms with van der Waals surface area (Å²) in [4.78, 5) is 39.4. The standard InChI is InChI=1S/C21H34N6O3/c1-21(2,3)30-20(29)27-13-11-26(12-14-27)18(28)15-16-6-9-25(10-7-16)17-5-8-23-19(22-4)24-17/h5,8,16H,6-7,9-15H2,1-4H3,(H,22,23,24). The highest BCUT2D eigenvalue weighted by atomic mass is 16.6. The molecule has 1 aromatic rings. The lowest BCUT2D eigenvalue weighted by Crippen LogP contribution is -2.52. The molecule has 2 amide bonds. The first-order chi connectivity index (χ1) is 14.2. The molecule has 3 heterocycles. The average molecular weight is 419 g/mol. The lowest BCUT2D eigenvalue weighted by atomic mass is 9.93. The predicted octanol–water partition coefficient (Wildman–Crippen LogP) is 2.20. The Balaban J connectivity index is 1.41. The van der Waals surface area contributed by atoms with E-state index < -0.39 is 5.60 Å². The van der Waals surface area contributed by atoms with Gasteiger partial charge in [-0.2, -0.15) is 4.98 Å². The topological polar surface area (TPSA) is 90.9 Å². The second-order valence-electron chi connectivity index (χ2n) is 8.97. The first kappa shape index (κ1) is 22.1. The van der Waals surface area contributed by atoms with Crippen LogP contribution in [0.3, 0.4) is 0 Å². The van der Waals surface area contributed by atoms with Gasteiger partial charge < -0.3 is 24.8 Å². The minimum Gasteiger partial charge on any atom is -0.444 e. The van der Waals surface area contributed by atoms with Crippen LogP contribution in [0.5, 0.6) is 0 Å². The zero-order chi connectivity index (χ0) is 21.7. The predicted molar refractivity (Wildman–Crippen MR) is 116 cm³/mol. The van der Waals surface area contributed by atoms with Crippen LogP contribution in [-0.2, 0) is 9.53 Å². The van der Waals surface area contributed by atoms with Crippen molar-refractivity contribution >= 4 is 23.8 Å². The Morgan fingerprint density at radius 3 is 2.33 bits per heavy atom. The van der Waals surface area contributed by atoms with Crippen molar-refractivity contribution in [3.8, 4) is 0 Å². The highest BCUT2D eigenvalue weighted by Crippen LogP contribution is 2.25. The molecule has 9 heteroatoms. The van der Waals surface area contributed by atoms with E-state index in [0.717, 1.165) is 31.7 Å². The molecular formula is C21H34N6O3. The fraction of sp³-hybridized carbons (Fsp3) is 0.714. The number of anilines is 2. The Labute approximate surface area is 178 Å². The Morgan fingerprint density at radius 2 is 1.73 bits per heavy atom. The maximum atomic E-state index is 12.8. The Morgan fingerprint density at radius 1 is 1.10 bits per heavy atom. The molecule has 0 spiro atoms. The summed E-state index contributed by atoms with van der Waals surface area (Å²) >= 11 is 0. The minimum absolute atomic E-state index is 0.191. The summed E-state index contributed by atoms with van der Waals surface area (Å²) in [6, 6.07) is 1.93. The average Bonchev–Trinajstić information content (AvgIpc) is 2.73. The summed E-state index contributed by atoms with van der Waals surface area (Å²) in [5, 5.41) is 2.97. The molecule has 0 saturated carbocycles. The number of rotatable bonds is 4. The summed E-state index contributed by atoms with van der Waals surface area (Å²) in [7, 11) is 1.81. The number of nitrogens with one attached hydrogen (secondary N) is 1. The summed E-state index contributed by atoms with van der Waals surface area (Å²) in [6.07, 6.45) is 3.99. The molecule has 2 aliphatic heterocycles. The SMILES string of the molecule is CNc1nccc(N2CCC(CC(=O)N3CCN(C(=O)OC(C)(C)C)CC3)CC2)n1. The molecule has 2 aliphatic rings. The van der Waals surface area contributed by atoms with Gasteiger partial charge in [-0.15, -0.1) is 0 Å².